The largest absolute Gasteiger partial charge is 0.354 e. The van der Waals surface area contributed by atoms with Gasteiger partial charge in [-0.3, -0.25) is 0 Å². The molecule has 0 atom stereocenters. The first-order chi connectivity index (χ1) is 8.28. The van der Waals surface area contributed by atoms with E-state index in [4.69, 9.17) is 0 Å². The van der Waals surface area contributed by atoms with Crippen LogP contribution in [0.15, 0.2) is 12.4 Å². The molecule has 0 spiro atoms. The van der Waals surface area contributed by atoms with Gasteiger partial charge >= 0.3 is 0 Å². The molecule has 1 aliphatic rings. The highest BCUT2D eigenvalue weighted by atomic mass is 127. The van der Waals surface area contributed by atoms with Crippen LogP contribution in [0.25, 0.3) is 0 Å². The normalized spacial score (nSPS) is 24.6. The minimum Gasteiger partial charge on any atom is -0.354 e. The Kier molecular flexibility index (Phi) is 5.00. The van der Waals surface area contributed by atoms with Crippen LogP contribution in [0.2, 0.25) is 0 Å². The van der Waals surface area contributed by atoms with Crippen molar-refractivity contribution < 1.29 is 0 Å². The summed E-state index contributed by atoms with van der Waals surface area (Å²) in [5.74, 6) is 2.55. The highest BCUT2D eigenvalue weighted by Crippen LogP contribution is 2.30. The molecule has 1 aromatic rings. The molecule has 1 aliphatic carbocycles. The number of halogens is 1. The van der Waals surface area contributed by atoms with Crippen molar-refractivity contribution in [3.05, 3.63) is 16.0 Å². The molecular formula is C13H20IN3. The molecule has 4 heteroatoms. The van der Waals surface area contributed by atoms with Crippen molar-refractivity contribution in [2.75, 3.05) is 11.9 Å². The highest BCUT2D eigenvalue weighted by Gasteiger charge is 2.19. The van der Waals surface area contributed by atoms with Gasteiger partial charge in [0, 0.05) is 22.5 Å². The van der Waals surface area contributed by atoms with Crippen molar-refractivity contribution in [1.82, 2.24) is 9.97 Å². The highest BCUT2D eigenvalue weighted by molar-refractivity contribution is 14.1. The molecule has 1 fully saturated rings. The van der Waals surface area contributed by atoms with Crippen LogP contribution < -0.4 is 5.32 Å². The molecule has 0 bridgehead atoms. The molecule has 17 heavy (non-hydrogen) atoms. The van der Waals surface area contributed by atoms with E-state index in [9.17, 15) is 0 Å². The Morgan fingerprint density at radius 1 is 1.18 bits per heavy atom. The first-order valence-corrected chi connectivity index (χ1v) is 7.57. The summed E-state index contributed by atoms with van der Waals surface area (Å²) < 4.78 is 1.08. The molecule has 3 nitrogen and oxygen atoms in total. The lowest BCUT2D eigenvalue weighted by Gasteiger charge is -2.27. The molecule has 1 saturated carbocycles. The third-order valence-electron chi connectivity index (χ3n) is 3.71. The monoisotopic (exact) mass is 345 g/mol. The maximum absolute atomic E-state index is 4.26. The summed E-state index contributed by atoms with van der Waals surface area (Å²) in [5.41, 5.74) is 0. The van der Waals surface area contributed by atoms with Crippen LogP contribution in [0, 0.1) is 15.4 Å². The zero-order valence-corrected chi connectivity index (χ0v) is 12.5. The Morgan fingerprint density at radius 3 is 2.35 bits per heavy atom. The van der Waals surface area contributed by atoms with Crippen molar-refractivity contribution in [1.29, 1.82) is 0 Å². The molecule has 0 aromatic carbocycles. The van der Waals surface area contributed by atoms with Gasteiger partial charge in [-0.15, -0.1) is 0 Å². The fraction of sp³-hybridized carbons (Fsp3) is 0.692. The van der Waals surface area contributed by atoms with Crippen LogP contribution in [-0.4, -0.2) is 16.5 Å². The first-order valence-electron chi connectivity index (χ1n) is 6.49. The fourth-order valence-corrected chi connectivity index (χ4v) is 2.76. The predicted octanol–water partition coefficient (Wildman–Crippen LogP) is 3.71. The molecule has 0 amide bonds. The molecule has 0 aliphatic heterocycles. The van der Waals surface area contributed by atoms with Crippen molar-refractivity contribution in [3.63, 3.8) is 0 Å². The summed E-state index contributed by atoms with van der Waals surface area (Å²) in [6.45, 7) is 3.33. The van der Waals surface area contributed by atoms with Crippen LogP contribution in [0.4, 0.5) is 5.95 Å². The number of anilines is 1. The van der Waals surface area contributed by atoms with E-state index in [1.165, 1.54) is 32.1 Å². The van der Waals surface area contributed by atoms with Crippen LogP contribution in [-0.2, 0) is 0 Å². The van der Waals surface area contributed by atoms with E-state index in [2.05, 4.69) is 44.8 Å². The summed E-state index contributed by atoms with van der Waals surface area (Å²) in [7, 11) is 0. The minimum atomic E-state index is 0.767. The number of rotatable bonds is 4. The van der Waals surface area contributed by atoms with Gasteiger partial charge in [-0.1, -0.05) is 26.2 Å². The lowest BCUT2D eigenvalue weighted by Crippen LogP contribution is -2.21. The molecule has 1 heterocycles. The van der Waals surface area contributed by atoms with Crippen LogP contribution in [0.3, 0.4) is 0 Å². The molecule has 2 rings (SSSR count). The average Bonchev–Trinajstić information content (AvgIpc) is 2.39. The Hall–Kier alpha value is -0.390. The number of aromatic nitrogens is 2. The zero-order valence-electron chi connectivity index (χ0n) is 10.3. The van der Waals surface area contributed by atoms with Crippen LogP contribution >= 0.6 is 22.6 Å². The van der Waals surface area contributed by atoms with Gasteiger partial charge in [-0.25, -0.2) is 9.97 Å². The summed E-state index contributed by atoms with van der Waals surface area (Å²) in [6, 6.07) is 0. The molecule has 1 aromatic heterocycles. The van der Waals surface area contributed by atoms with Crippen molar-refractivity contribution in [2.45, 2.75) is 39.0 Å². The average molecular weight is 345 g/mol. The van der Waals surface area contributed by atoms with E-state index in [1.54, 1.807) is 0 Å². The Morgan fingerprint density at radius 2 is 1.76 bits per heavy atom. The van der Waals surface area contributed by atoms with E-state index < -0.39 is 0 Å². The van der Waals surface area contributed by atoms with Gasteiger partial charge in [0.25, 0.3) is 0 Å². The predicted molar refractivity (Wildman–Crippen MR) is 79.0 cm³/mol. The molecule has 0 saturated heterocycles. The van der Waals surface area contributed by atoms with Gasteiger partial charge in [-0.2, -0.15) is 0 Å². The van der Waals surface area contributed by atoms with E-state index in [-0.39, 0.29) is 0 Å². The van der Waals surface area contributed by atoms with Crippen molar-refractivity contribution >= 4 is 28.5 Å². The lowest BCUT2D eigenvalue weighted by molar-refractivity contribution is 0.278. The third-order valence-corrected chi connectivity index (χ3v) is 4.27. The summed E-state index contributed by atoms with van der Waals surface area (Å²) >= 11 is 2.22. The summed E-state index contributed by atoms with van der Waals surface area (Å²) in [4.78, 5) is 8.53. The zero-order chi connectivity index (χ0) is 12.1. The van der Waals surface area contributed by atoms with Gasteiger partial charge in [0.15, 0.2) is 0 Å². The number of hydrogen-bond donors (Lipinski definition) is 1. The van der Waals surface area contributed by atoms with Crippen molar-refractivity contribution in [2.24, 2.45) is 11.8 Å². The van der Waals surface area contributed by atoms with E-state index in [0.717, 1.165) is 27.9 Å². The fourth-order valence-electron chi connectivity index (χ4n) is 2.48. The topological polar surface area (TPSA) is 37.8 Å². The maximum Gasteiger partial charge on any atom is 0.222 e. The Bertz CT molecular complexity index is 331. The van der Waals surface area contributed by atoms with Crippen LogP contribution in [0.1, 0.15) is 39.0 Å². The van der Waals surface area contributed by atoms with Gasteiger partial charge in [-0.05, 0) is 47.3 Å². The molecule has 0 unspecified atom stereocenters. The SMILES string of the molecule is CCC1CCC(CNc2ncc(I)cn2)CC1. The van der Waals surface area contributed by atoms with Gasteiger partial charge < -0.3 is 5.32 Å². The van der Waals surface area contributed by atoms with E-state index >= 15 is 0 Å². The molecule has 0 radical (unpaired) electrons. The Balaban J connectivity index is 1.74. The molecule has 94 valence electrons. The third kappa shape index (κ3) is 4.08. The van der Waals surface area contributed by atoms with E-state index in [1.807, 2.05) is 12.4 Å². The Labute approximate surface area is 117 Å². The summed E-state index contributed by atoms with van der Waals surface area (Å²) in [5, 5.41) is 3.35. The minimum absolute atomic E-state index is 0.767. The first kappa shape index (κ1) is 13.1. The standard InChI is InChI=1S/C13H20IN3/c1-2-10-3-5-11(6-4-10)7-15-13-16-8-12(14)9-17-13/h8-11H,2-7H2,1H3,(H,15,16,17). The quantitative estimate of drug-likeness (QED) is 0.846. The van der Waals surface area contributed by atoms with Crippen molar-refractivity contribution in [3.8, 4) is 0 Å². The number of nitrogens with one attached hydrogen (secondary N) is 1. The number of nitrogens with zero attached hydrogens (tertiary/aromatic N) is 2. The van der Waals surface area contributed by atoms with Gasteiger partial charge in [0.2, 0.25) is 5.95 Å². The smallest absolute Gasteiger partial charge is 0.222 e. The van der Waals surface area contributed by atoms with Gasteiger partial charge in [0.1, 0.15) is 0 Å². The number of hydrogen-bond acceptors (Lipinski definition) is 3. The maximum atomic E-state index is 4.26. The molecular weight excluding hydrogens is 325 g/mol. The van der Waals surface area contributed by atoms with Gasteiger partial charge in [0.05, 0.1) is 0 Å². The molecule has 1 N–H and O–H groups in total. The second-order valence-corrected chi connectivity index (χ2v) is 6.15. The van der Waals surface area contributed by atoms with Crippen LogP contribution in [0.5, 0.6) is 0 Å². The summed E-state index contributed by atoms with van der Waals surface area (Å²) in [6.07, 6.45) is 10.6. The van der Waals surface area contributed by atoms with E-state index in [0.29, 0.717) is 0 Å². The second-order valence-electron chi connectivity index (χ2n) is 4.90. The second kappa shape index (κ2) is 6.52. The lowest BCUT2D eigenvalue weighted by atomic mass is 9.81.